The number of ether oxygens (including phenoxy) is 2. The second-order valence-corrected chi connectivity index (χ2v) is 10.4. The van der Waals surface area contributed by atoms with E-state index >= 15 is 0 Å². The van der Waals surface area contributed by atoms with E-state index in [1.165, 1.54) is 19.1 Å². The summed E-state index contributed by atoms with van der Waals surface area (Å²) in [4.78, 5) is 21.8. The molecule has 0 bridgehead atoms. The monoisotopic (exact) mass is 591 g/mol. The van der Waals surface area contributed by atoms with Crippen LogP contribution in [0.3, 0.4) is 0 Å². The molecule has 7 nitrogen and oxygen atoms in total. The SMILES string of the molecule is CC(=O)NCC1CCOCC1Oc1ccc(C(Cc2ccccc2)=NOCc2ccc(C(F)(F)F)cc2)c2cccnc12. The van der Waals surface area contributed by atoms with E-state index in [0.717, 1.165) is 35.1 Å². The number of fused-ring (bicyclic) bond motifs is 1. The minimum atomic E-state index is -4.40. The standard InChI is InChI=1S/C33H32F3N3O4/c1-22(40)38-19-25-15-17-41-21-31(25)43-30-14-13-27(28-8-5-16-37-32(28)30)29(18-23-6-3-2-4-7-23)39-42-20-24-9-11-26(12-10-24)33(34,35)36/h2-14,16,25,31H,15,17-21H2,1H3,(H,38,40). The van der Waals surface area contributed by atoms with Crippen molar-refractivity contribution in [2.24, 2.45) is 11.1 Å². The van der Waals surface area contributed by atoms with E-state index in [1.54, 1.807) is 6.20 Å². The molecule has 2 heterocycles. The Morgan fingerprint density at radius 1 is 1.02 bits per heavy atom. The Kier molecular flexibility index (Phi) is 9.56. The van der Waals surface area contributed by atoms with Crippen molar-refractivity contribution in [3.05, 3.63) is 107 Å². The Hall–Kier alpha value is -4.44. The van der Waals surface area contributed by atoms with Crippen LogP contribution in [0.25, 0.3) is 10.9 Å². The molecule has 1 aromatic heterocycles. The molecule has 0 spiro atoms. The van der Waals surface area contributed by atoms with E-state index in [2.05, 4.69) is 15.5 Å². The topological polar surface area (TPSA) is 82.0 Å². The van der Waals surface area contributed by atoms with Gasteiger partial charge in [0.1, 0.15) is 24.0 Å². The third-order valence-corrected chi connectivity index (χ3v) is 7.28. The van der Waals surface area contributed by atoms with Crippen LogP contribution in [0.1, 0.15) is 35.6 Å². The normalized spacial score (nSPS) is 17.4. The van der Waals surface area contributed by atoms with E-state index < -0.39 is 11.7 Å². The smallest absolute Gasteiger partial charge is 0.416 e. The highest BCUT2D eigenvalue weighted by Crippen LogP contribution is 2.32. The molecule has 1 fully saturated rings. The molecule has 224 valence electrons. The van der Waals surface area contributed by atoms with Gasteiger partial charge < -0.3 is 19.6 Å². The first-order chi connectivity index (χ1) is 20.8. The van der Waals surface area contributed by atoms with Gasteiger partial charge in [0.2, 0.25) is 5.91 Å². The molecule has 1 aliphatic rings. The molecule has 2 atom stereocenters. The zero-order chi connectivity index (χ0) is 30.2. The molecule has 10 heteroatoms. The van der Waals surface area contributed by atoms with Crippen LogP contribution in [-0.4, -0.2) is 42.5 Å². The number of nitrogens with one attached hydrogen (secondary N) is 1. The summed E-state index contributed by atoms with van der Waals surface area (Å²) in [5.74, 6) is 0.588. The number of carbonyl (C=O) groups is 1. The summed E-state index contributed by atoms with van der Waals surface area (Å²) in [5, 5.41) is 8.16. The number of carbonyl (C=O) groups excluding carboxylic acids is 1. The molecule has 1 saturated heterocycles. The lowest BCUT2D eigenvalue weighted by Gasteiger charge is -2.32. The second-order valence-electron chi connectivity index (χ2n) is 10.4. The first-order valence-corrected chi connectivity index (χ1v) is 14.0. The predicted octanol–water partition coefficient (Wildman–Crippen LogP) is 6.34. The van der Waals surface area contributed by atoms with E-state index in [1.807, 2.05) is 54.6 Å². The molecule has 1 amide bonds. The second kappa shape index (κ2) is 13.7. The molecule has 1 aliphatic heterocycles. The number of hydrogen-bond donors (Lipinski definition) is 1. The number of rotatable bonds is 10. The summed E-state index contributed by atoms with van der Waals surface area (Å²) in [6, 6.07) is 22.2. The number of alkyl halides is 3. The van der Waals surface area contributed by atoms with Crippen LogP contribution in [0.15, 0.2) is 90.2 Å². The number of oxime groups is 1. The molecule has 43 heavy (non-hydrogen) atoms. The Morgan fingerprint density at radius 2 is 1.81 bits per heavy atom. The van der Waals surface area contributed by atoms with Crippen molar-refractivity contribution < 1.29 is 32.3 Å². The quantitative estimate of drug-likeness (QED) is 0.172. The van der Waals surface area contributed by atoms with Crippen LogP contribution >= 0.6 is 0 Å². The summed E-state index contributed by atoms with van der Waals surface area (Å²) < 4.78 is 51.0. The van der Waals surface area contributed by atoms with Crippen LogP contribution in [0.2, 0.25) is 0 Å². The fourth-order valence-electron chi connectivity index (χ4n) is 4.99. The first-order valence-electron chi connectivity index (χ1n) is 14.0. The molecule has 0 saturated carbocycles. The highest BCUT2D eigenvalue weighted by atomic mass is 19.4. The van der Waals surface area contributed by atoms with Gasteiger partial charge in [-0.25, -0.2) is 0 Å². The third-order valence-electron chi connectivity index (χ3n) is 7.28. The average Bonchev–Trinajstić information content (AvgIpc) is 3.01. The zero-order valence-electron chi connectivity index (χ0n) is 23.6. The van der Waals surface area contributed by atoms with Crippen molar-refractivity contribution >= 4 is 22.5 Å². The summed E-state index contributed by atoms with van der Waals surface area (Å²) in [6.07, 6.45) is -1.76. The largest absolute Gasteiger partial charge is 0.485 e. The van der Waals surface area contributed by atoms with Crippen LogP contribution in [0.4, 0.5) is 13.2 Å². The van der Waals surface area contributed by atoms with Gasteiger partial charge in [-0.3, -0.25) is 9.78 Å². The number of hydrogen-bond acceptors (Lipinski definition) is 6. The van der Waals surface area contributed by atoms with E-state index in [-0.39, 0.29) is 24.5 Å². The van der Waals surface area contributed by atoms with Crippen LogP contribution in [0.5, 0.6) is 5.75 Å². The van der Waals surface area contributed by atoms with E-state index in [9.17, 15) is 18.0 Å². The highest BCUT2D eigenvalue weighted by Gasteiger charge is 2.30. The van der Waals surface area contributed by atoms with Crippen molar-refractivity contribution in [2.45, 2.75) is 38.7 Å². The van der Waals surface area contributed by atoms with Crippen LogP contribution < -0.4 is 10.1 Å². The number of nitrogens with zero attached hydrogens (tertiary/aromatic N) is 2. The first kappa shape index (κ1) is 30.0. The molecule has 2 unspecified atom stereocenters. The van der Waals surface area contributed by atoms with Gasteiger partial charge in [-0.1, -0.05) is 53.7 Å². The van der Waals surface area contributed by atoms with Crippen molar-refractivity contribution in [3.63, 3.8) is 0 Å². The van der Waals surface area contributed by atoms with E-state index in [0.29, 0.717) is 48.7 Å². The van der Waals surface area contributed by atoms with Crippen molar-refractivity contribution in [3.8, 4) is 5.75 Å². The Labute approximate surface area is 247 Å². The number of aromatic nitrogens is 1. The predicted molar refractivity (Wildman–Crippen MR) is 157 cm³/mol. The van der Waals surface area contributed by atoms with Gasteiger partial charge in [0, 0.05) is 49.6 Å². The Balaban J connectivity index is 1.42. The zero-order valence-corrected chi connectivity index (χ0v) is 23.6. The van der Waals surface area contributed by atoms with Gasteiger partial charge >= 0.3 is 6.18 Å². The summed E-state index contributed by atoms with van der Waals surface area (Å²) in [5.41, 5.74) is 2.93. The van der Waals surface area contributed by atoms with Crippen LogP contribution in [0, 0.1) is 5.92 Å². The highest BCUT2D eigenvalue weighted by molar-refractivity contribution is 6.11. The van der Waals surface area contributed by atoms with Gasteiger partial charge in [-0.15, -0.1) is 0 Å². The number of pyridine rings is 1. The fraction of sp³-hybridized carbons (Fsp3) is 0.303. The van der Waals surface area contributed by atoms with Gasteiger partial charge in [-0.05, 0) is 47.9 Å². The van der Waals surface area contributed by atoms with Gasteiger partial charge in [0.15, 0.2) is 0 Å². The van der Waals surface area contributed by atoms with Crippen molar-refractivity contribution in [2.75, 3.05) is 19.8 Å². The maximum absolute atomic E-state index is 13.0. The average molecular weight is 592 g/mol. The molecular weight excluding hydrogens is 559 g/mol. The maximum atomic E-state index is 13.0. The summed E-state index contributed by atoms with van der Waals surface area (Å²) in [7, 11) is 0. The van der Waals surface area contributed by atoms with Gasteiger partial charge in [-0.2, -0.15) is 13.2 Å². The van der Waals surface area contributed by atoms with Gasteiger partial charge in [0.25, 0.3) is 0 Å². The summed E-state index contributed by atoms with van der Waals surface area (Å²) >= 11 is 0. The number of amides is 1. The third kappa shape index (κ3) is 7.90. The molecule has 3 aromatic carbocycles. The number of benzene rings is 3. The Bertz CT molecular complexity index is 1560. The minimum Gasteiger partial charge on any atom is -0.485 e. The molecule has 1 N–H and O–H groups in total. The van der Waals surface area contributed by atoms with Crippen molar-refractivity contribution in [1.29, 1.82) is 0 Å². The van der Waals surface area contributed by atoms with E-state index in [4.69, 9.17) is 14.3 Å². The number of halogens is 3. The fourth-order valence-corrected chi connectivity index (χ4v) is 4.99. The molecule has 5 rings (SSSR count). The molecule has 4 aromatic rings. The molecule has 0 radical (unpaired) electrons. The molecular formula is C33H32F3N3O4. The van der Waals surface area contributed by atoms with Crippen molar-refractivity contribution in [1.82, 2.24) is 10.3 Å². The lowest BCUT2D eigenvalue weighted by atomic mass is 9.96. The summed E-state index contributed by atoms with van der Waals surface area (Å²) in [6.45, 7) is 3.00. The maximum Gasteiger partial charge on any atom is 0.416 e. The Morgan fingerprint density at radius 3 is 2.56 bits per heavy atom. The minimum absolute atomic E-state index is 0.00513. The van der Waals surface area contributed by atoms with Gasteiger partial charge in [0.05, 0.1) is 17.9 Å². The van der Waals surface area contributed by atoms with Crippen LogP contribution in [-0.2, 0) is 33.6 Å². The lowest BCUT2D eigenvalue weighted by Crippen LogP contribution is -2.43. The molecule has 0 aliphatic carbocycles. The lowest BCUT2D eigenvalue weighted by molar-refractivity contribution is -0.137.